The first-order valence-corrected chi connectivity index (χ1v) is 17.2. The van der Waals surface area contributed by atoms with Crippen LogP contribution in [0.2, 0.25) is 0 Å². The van der Waals surface area contributed by atoms with Crippen molar-refractivity contribution in [2.24, 2.45) is 0 Å². The van der Waals surface area contributed by atoms with Crippen molar-refractivity contribution in [2.75, 3.05) is 46.8 Å². The summed E-state index contributed by atoms with van der Waals surface area (Å²) in [5.74, 6) is 2.33. The van der Waals surface area contributed by atoms with E-state index >= 15 is 0 Å². The SMILES string of the molecule is COc1ccc2[nH]c3c(c2c1)CN(C(=O)CCCCCNc1ccc2c(cc1=O)C(NC(C)=O)CCc1cc(OC)c(OC)c(OC)c1-2)CC3. The highest BCUT2D eigenvalue weighted by Crippen LogP contribution is 2.50. The average molecular weight is 683 g/mol. The van der Waals surface area contributed by atoms with Gasteiger partial charge < -0.3 is 39.5 Å². The van der Waals surface area contributed by atoms with Crippen molar-refractivity contribution in [2.45, 2.75) is 64.5 Å². The van der Waals surface area contributed by atoms with Crippen LogP contribution in [0.15, 0.2) is 47.3 Å². The predicted octanol–water partition coefficient (Wildman–Crippen LogP) is 5.91. The molecule has 50 heavy (non-hydrogen) atoms. The Hall–Kier alpha value is -5.19. The monoisotopic (exact) mass is 682 g/mol. The number of H-pyrrole nitrogens is 1. The zero-order valence-electron chi connectivity index (χ0n) is 29.5. The summed E-state index contributed by atoms with van der Waals surface area (Å²) in [5, 5.41) is 7.48. The Balaban J connectivity index is 1.11. The van der Waals surface area contributed by atoms with Gasteiger partial charge in [0.2, 0.25) is 23.0 Å². The van der Waals surface area contributed by atoms with Gasteiger partial charge in [-0.2, -0.15) is 0 Å². The molecule has 4 aromatic rings. The number of aryl methyl sites for hydroxylation is 1. The van der Waals surface area contributed by atoms with Crippen molar-refractivity contribution < 1.29 is 28.5 Å². The molecule has 6 rings (SSSR count). The second-order valence-corrected chi connectivity index (χ2v) is 12.9. The Kier molecular flexibility index (Phi) is 10.5. The van der Waals surface area contributed by atoms with E-state index in [1.165, 1.54) is 18.2 Å². The largest absolute Gasteiger partial charge is 0.497 e. The van der Waals surface area contributed by atoms with Gasteiger partial charge in [0.1, 0.15) is 5.75 Å². The van der Waals surface area contributed by atoms with Crippen LogP contribution in [-0.2, 0) is 29.0 Å². The number of hydrogen-bond acceptors (Lipinski definition) is 8. The van der Waals surface area contributed by atoms with Gasteiger partial charge in [-0.25, -0.2) is 0 Å². The molecule has 2 aliphatic rings. The molecule has 264 valence electrons. The lowest BCUT2D eigenvalue weighted by Crippen LogP contribution is -2.35. The molecule has 0 saturated carbocycles. The van der Waals surface area contributed by atoms with Gasteiger partial charge in [0.15, 0.2) is 11.5 Å². The van der Waals surface area contributed by atoms with Crippen molar-refractivity contribution in [1.82, 2.24) is 15.2 Å². The first-order valence-electron chi connectivity index (χ1n) is 17.2. The van der Waals surface area contributed by atoms with E-state index < -0.39 is 0 Å². The van der Waals surface area contributed by atoms with Crippen LogP contribution in [0.25, 0.3) is 22.0 Å². The number of aromatic nitrogens is 1. The Morgan fingerprint density at radius 2 is 1.74 bits per heavy atom. The second-order valence-electron chi connectivity index (χ2n) is 12.9. The number of nitrogens with zero attached hydrogens (tertiary/aromatic N) is 1. The van der Waals surface area contributed by atoms with Crippen molar-refractivity contribution >= 4 is 28.4 Å². The molecular formula is C39H46N4O7. The third kappa shape index (κ3) is 6.94. The summed E-state index contributed by atoms with van der Waals surface area (Å²) in [5.41, 5.74) is 7.03. The summed E-state index contributed by atoms with van der Waals surface area (Å²) in [6.45, 7) is 3.37. The predicted molar refractivity (Wildman–Crippen MR) is 194 cm³/mol. The lowest BCUT2D eigenvalue weighted by molar-refractivity contribution is -0.132. The Labute approximate surface area is 292 Å². The fourth-order valence-electron chi connectivity index (χ4n) is 7.35. The van der Waals surface area contributed by atoms with Crippen LogP contribution < -0.4 is 35.0 Å². The molecule has 0 spiro atoms. The van der Waals surface area contributed by atoms with Gasteiger partial charge in [-0.15, -0.1) is 0 Å². The second kappa shape index (κ2) is 15.1. The van der Waals surface area contributed by atoms with Gasteiger partial charge in [0, 0.05) is 67.1 Å². The molecule has 1 unspecified atom stereocenters. The molecule has 11 nitrogen and oxygen atoms in total. The lowest BCUT2D eigenvalue weighted by atomic mass is 9.95. The van der Waals surface area contributed by atoms with E-state index in [0.717, 1.165) is 64.6 Å². The van der Waals surface area contributed by atoms with E-state index in [0.29, 0.717) is 61.8 Å². The fraction of sp³-hybridized carbons (Fsp3) is 0.410. The van der Waals surface area contributed by atoms with Gasteiger partial charge in [0.25, 0.3) is 0 Å². The van der Waals surface area contributed by atoms with Crippen molar-refractivity contribution in [3.8, 4) is 34.1 Å². The average Bonchev–Trinajstić information content (AvgIpc) is 3.32. The number of fused-ring (bicyclic) bond motifs is 6. The number of benzene rings is 2. The number of carbonyl (C=O) groups excluding carboxylic acids is 2. The Bertz CT molecular complexity index is 1970. The van der Waals surface area contributed by atoms with Crippen LogP contribution in [0.4, 0.5) is 5.69 Å². The lowest BCUT2D eigenvalue weighted by Gasteiger charge is -2.27. The Morgan fingerprint density at radius 1 is 0.920 bits per heavy atom. The number of amides is 2. The standard InChI is InChI=1S/C39H46N4O7/c1-23(44)41-30-13-10-24-19-35(48-3)38(49-4)39(50-5)37(24)26-12-15-33(34(45)21-28(26)30)40-17-8-6-7-9-36(46)43-18-16-32-29(22-43)27-20-25(47-2)11-14-31(27)42-32/h11-12,14-15,19-21,30,42H,6-10,13,16-18,22H2,1-5H3,(H,40,45)(H,41,44). The van der Waals surface area contributed by atoms with Crippen molar-refractivity contribution in [1.29, 1.82) is 0 Å². The number of unbranched alkanes of at least 4 members (excludes halogenated alkanes) is 2. The maximum absolute atomic E-state index is 13.6. The van der Waals surface area contributed by atoms with Crippen LogP contribution in [0.5, 0.6) is 23.0 Å². The fourth-order valence-corrected chi connectivity index (χ4v) is 7.35. The topological polar surface area (TPSA) is 131 Å². The highest BCUT2D eigenvalue weighted by Gasteiger charge is 2.29. The molecule has 1 atom stereocenters. The van der Waals surface area contributed by atoms with Gasteiger partial charge in [-0.1, -0.05) is 12.5 Å². The molecule has 2 amide bonds. The van der Waals surface area contributed by atoms with Crippen LogP contribution in [0.3, 0.4) is 0 Å². The molecule has 3 aromatic carbocycles. The molecule has 1 aromatic heterocycles. The number of carbonyl (C=O) groups is 2. The van der Waals surface area contributed by atoms with Gasteiger partial charge in [-0.05, 0) is 78.8 Å². The smallest absolute Gasteiger partial charge is 0.222 e. The van der Waals surface area contributed by atoms with Crippen LogP contribution in [-0.4, -0.2) is 63.2 Å². The van der Waals surface area contributed by atoms with E-state index in [1.807, 2.05) is 35.2 Å². The first-order chi connectivity index (χ1) is 24.3. The summed E-state index contributed by atoms with van der Waals surface area (Å²) in [7, 11) is 6.39. The maximum Gasteiger partial charge on any atom is 0.222 e. The third-order valence-electron chi connectivity index (χ3n) is 9.83. The molecule has 11 heteroatoms. The molecule has 0 radical (unpaired) electrons. The number of nitrogens with one attached hydrogen (secondary N) is 3. The zero-order chi connectivity index (χ0) is 35.4. The summed E-state index contributed by atoms with van der Waals surface area (Å²) in [4.78, 5) is 44.4. The van der Waals surface area contributed by atoms with Gasteiger partial charge in [0.05, 0.1) is 40.2 Å². The van der Waals surface area contributed by atoms with E-state index in [2.05, 4.69) is 15.6 Å². The van der Waals surface area contributed by atoms with Crippen molar-refractivity contribution in [3.05, 3.63) is 75.1 Å². The quantitative estimate of drug-likeness (QED) is 0.157. The normalized spacial score (nSPS) is 14.9. The highest BCUT2D eigenvalue weighted by molar-refractivity contribution is 5.87. The molecule has 1 aliphatic heterocycles. The van der Waals surface area contributed by atoms with Crippen LogP contribution >= 0.6 is 0 Å². The number of ether oxygens (including phenoxy) is 4. The first kappa shape index (κ1) is 34.7. The van der Waals surface area contributed by atoms with Crippen LogP contribution in [0.1, 0.15) is 67.5 Å². The zero-order valence-corrected chi connectivity index (χ0v) is 29.5. The number of rotatable bonds is 12. The molecule has 1 aliphatic carbocycles. The molecule has 0 saturated heterocycles. The van der Waals surface area contributed by atoms with E-state index in [1.54, 1.807) is 40.6 Å². The molecular weight excluding hydrogens is 636 g/mol. The minimum absolute atomic E-state index is 0.165. The summed E-state index contributed by atoms with van der Waals surface area (Å²) in [6.07, 6.45) is 4.95. The minimum Gasteiger partial charge on any atom is -0.497 e. The maximum atomic E-state index is 13.6. The summed E-state index contributed by atoms with van der Waals surface area (Å²) >= 11 is 0. The minimum atomic E-state index is -0.368. The van der Waals surface area contributed by atoms with E-state index in [-0.39, 0.29) is 23.3 Å². The number of anilines is 1. The molecule has 2 heterocycles. The number of methoxy groups -OCH3 is 4. The molecule has 0 fully saturated rings. The third-order valence-corrected chi connectivity index (χ3v) is 9.83. The molecule has 3 N–H and O–H groups in total. The molecule has 0 bridgehead atoms. The highest BCUT2D eigenvalue weighted by atomic mass is 16.5. The number of hydrogen-bond donors (Lipinski definition) is 3. The summed E-state index contributed by atoms with van der Waals surface area (Å²) in [6, 6.07) is 12.9. The van der Waals surface area contributed by atoms with E-state index in [4.69, 9.17) is 18.9 Å². The number of aromatic amines is 1. The Morgan fingerprint density at radius 3 is 2.48 bits per heavy atom. The summed E-state index contributed by atoms with van der Waals surface area (Å²) < 4.78 is 22.6. The van der Waals surface area contributed by atoms with Gasteiger partial charge >= 0.3 is 0 Å². The van der Waals surface area contributed by atoms with E-state index in [9.17, 15) is 14.4 Å². The van der Waals surface area contributed by atoms with Crippen molar-refractivity contribution in [3.63, 3.8) is 0 Å². The van der Waals surface area contributed by atoms with Gasteiger partial charge in [-0.3, -0.25) is 14.4 Å². The van der Waals surface area contributed by atoms with Crippen LogP contribution in [0, 0.1) is 0 Å².